The van der Waals surface area contributed by atoms with Crippen molar-refractivity contribution in [1.82, 2.24) is 9.34 Å². The Kier molecular flexibility index (Phi) is 4.41. The second-order valence-corrected chi connectivity index (χ2v) is 7.98. The topological polar surface area (TPSA) is 75.5 Å². The number of hydrogen-bond donors (Lipinski definition) is 0. The summed E-state index contributed by atoms with van der Waals surface area (Å²) < 4.78 is 60.2. The summed E-state index contributed by atoms with van der Waals surface area (Å²) in [6, 6.07) is 4.65. The molecule has 1 atom stereocenters. The molecule has 2 fully saturated rings. The Bertz CT molecular complexity index is 658. The SMILES string of the molecule is O=[N+]([O-])c1ccc(C(CC(F)(F)F)OP(=O)(N2CC2)N2CC2)cc1. The molecular weight excluding hydrogens is 350 g/mol. The molecule has 0 aromatic heterocycles. The number of hydrogen-bond acceptors (Lipinski definition) is 4. The van der Waals surface area contributed by atoms with Crippen molar-refractivity contribution in [2.75, 3.05) is 26.2 Å². The highest BCUT2D eigenvalue weighted by atomic mass is 31.2. The van der Waals surface area contributed by atoms with Gasteiger partial charge in [0, 0.05) is 38.3 Å². The molecular formula is C13H15F3N3O4P. The van der Waals surface area contributed by atoms with E-state index in [1.165, 1.54) is 21.5 Å². The van der Waals surface area contributed by atoms with E-state index in [1.54, 1.807) is 0 Å². The number of benzene rings is 1. The maximum absolute atomic E-state index is 12.9. The van der Waals surface area contributed by atoms with Crippen molar-refractivity contribution in [2.45, 2.75) is 18.7 Å². The maximum atomic E-state index is 12.9. The second-order valence-electron chi connectivity index (χ2n) is 5.66. The molecule has 11 heteroatoms. The lowest BCUT2D eigenvalue weighted by atomic mass is 10.1. The van der Waals surface area contributed by atoms with Crippen LogP contribution in [0.15, 0.2) is 24.3 Å². The monoisotopic (exact) mass is 365 g/mol. The van der Waals surface area contributed by atoms with Crippen LogP contribution in [0, 0.1) is 10.1 Å². The van der Waals surface area contributed by atoms with Gasteiger partial charge in [-0.15, -0.1) is 0 Å². The number of rotatable bonds is 7. The molecule has 0 bridgehead atoms. The van der Waals surface area contributed by atoms with Crippen LogP contribution in [0.2, 0.25) is 0 Å². The molecule has 7 nitrogen and oxygen atoms in total. The first-order chi connectivity index (χ1) is 11.2. The molecule has 0 aliphatic carbocycles. The quantitative estimate of drug-likeness (QED) is 0.319. The average Bonchev–Trinajstić information content (AvgIpc) is 3.38. The fraction of sp³-hybridized carbons (Fsp3) is 0.538. The van der Waals surface area contributed by atoms with Gasteiger partial charge in [0.2, 0.25) is 0 Å². The van der Waals surface area contributed by atoms with E-state index in [1.807, 2.05) is 0 Å². The van der Waals surface area contributed by atoms with E-state index in [4.69, 9.17) is 4.52 Å². The Morgan fingerprint density at radius 1 is 1.17 bits per heavy atom. The van der Waals surface area contributed by atoms with Gasteiger partial charge in [0.25, 0.3) is 5.69 Å². The third-order valence-electron chi connectivity index (χ3n) is 3.72. The minimum absolute atomic E-state index is 0.113. The smallest absolute Gasteiger partial charge is 0.297 e. The van der Waals surface area contributed by atoms with Gasteiger partial charge in [-0.1, -0.05) is 0 Å². The summed E-state index contributed by atoms with van der Waals surface area (Å²) in [6.07, 6.45) is -7.30. The van der Waals surface area contributed by atoms with Crippen molar-refractivity contribution in [3.8, 4) is 0 Å². The molecule has 2 saturated heterocycles. The van der Waals surface area contributed by atoms with Crippen molar-refractivity contribution in [3.63, 3.8) is 0 Å². The van der Waals surface area contributed by atoms with Crippen LogP contribution in [0.3, 0.4) is 0 Å². The van der Waals surface area contributed by atoms with Crippen molar-refractivity contribution >= 4 is 13.4 Å². The second kappa shape index (κ2) is 6.11. The van der Waals surface area contributed by atoms with E-state index in [0.717, 1.165) is 12.1 Å². The zero-order valence-corrected chi connectivity index (χ0v) is 13.4. The molecule has 0 amide bonds. The highest BCUT2D eigenvalue weighted by Crippen LogP contribution is 2.63. The average molecular weight is 365 g/mol. The van der Waals surface area contributed by atoms with E-state index < -0.39 is 31.3 Å². The molecule has 0 radical (unpaired) electrons. The van der Waals surface area contributed by atoms with Crippen molar-refractivity contribution < 1.29 is 27.2 Å². The third kappa shape index (κ3) is 3.94. The molecule has 0 N–H and O–H groups in total. The molecule has 1 aromatic carbocycles. The molecule has 1 aromatic rings. The summed E-state index contributed by atoms with van der Waals surface area (Å²) in [5.41, 5.74) is -0.119. The highest BCUT2D eigenvalue weighted by Gasteiger charge is 2.51. The van der Waals surface area contributed by atoms with Gasteiger partial charge in [-0.25, -0.2) is 9.34 Å². The minimum atomic E-state index is -4.52. The van der Waals surface area contributed by atoms with Crippen molar-refractivity contribution in [3.05, 3.63) is 39.9 Å². The molecule has 2 aliphatic rings. The number of nitro groups is 1. The van der Waals surface area contributed by atoms with Crippen LogP contribution in [0.5, 0.6) is 0 Å². The molecule has 0 spiro atoms. The van der Waals surface area contributed by atoms with Gasteiger partial charge in [0.1, 0.15) is 6.10 Å². The standard InChI is InChI=1S/C13H15F3N3O4P/c14-13(15,16)9-12(10-1-3-11(4-2-10)19(20)21)23-24(22,17-5-6-17)18-7-8-18/h1-4,12H,5-9H2. The van der Waals surface area contributed by atoms with Gasteiger partial charge in [-0.05, 0) is 17.7 Å². The minimum Gasteiger partial charge on any atom is -0.297 e. The molecule has 24 heavy (non-hydrogen) atoms. The molecule has 0 saturated carbocycles. The third-order valence-corrected chi connectivity index (χ3v) is 6.48. The maximum Gasteiger partial charge on any atom is 0.391 e. The number of halogens is 3. The summed E-state index contributed by atoms with van der Waals surface area (Å²) in [7, 11) is -3.45. The molecule has 1 unspecified atom stereocenters. The summed E-state index contributed by atoms with van der Waals surface area (Å²) >= 11 is 0. The first-order valence-corrected chi connectivity index (χ1v) is 8.82. The van der Waals surface area contributed by atoms with E-state index in [9.17, 15) is 27.9 Å². The first-order valence-electron chi connectivity index (χ1n) is 7.29. The van der Waals surface area contributed by atoms with Crippen molar-refractivity contribution in [2.24, 2.45) is 0 Å². The Morgan fingerprint density at radius 2 is 1.67 bits per heavy atom. The lowest BCUT2D eigenvalue weighted by Crippen LogP contribution is -2.19. The van der Waals surface area contributed by atoms with Gasteiger partial charge in [-0.2, -0.15) is 13.2 Å². The lowest BCUT2D eigenvalue weighted by Gasteiger charge is -2.27. The Labute approximate surface area is 135 Å². The van der Waals surface area contributed by atoms with Gasteiger partial charge in [-0.3, -0.25) is 19.2 Å². The summed E-state index contributed by atoms with van der Waals surface area (Å²) in [4.78, 5) is 10.0. The largest absolute Gasteiger partial charge is 0.391 e. The highest BCUT2D eigenvalue weighted by molar-refractivity contribution is 7.54. The summed E-state index contributed by atoms with van der Waals surface area (Å²) in [5, 5.41) is 10.7. The van der Waals surface area contributed by atoms with Crippen LogP contribution in [0.1, 0.15) is 18.1 Å². The van der Waals surface area contributed by atoms with Crippen molar-refractivity contribution in [1.29, 1.82) is 0 Å². The Hall–Kier alpha value is -1.48. The van der Waals surface area contributed by atoms with Crippen LogP contribution in [0.25, 0.3) is 0 Å². The number of nitro benzene ring substituents is 1. The molecule has 2 heterocycles. The molecule has 132 valence electrons. The van der Waals surface area contributed by atoms with Gasteiger partial charge >= 0.3 is 13.8 Å². The zero-order chi connectivity index (χ0) is 17.5. The van der Waals surface area contributed by atoms with Crippen LogP contribution >= 0.6 is 7.67 Å². The van der Waals surface area contributed by atoms with Crippen LogP contribution in [-0.2, 0) is 9.09 Å². The number of non-ortho nitro benzene ring substituents is 1. The molecule has 3 rings (SSSR count). The predicted octanol–water partition coefficient (Wildman–Crippen LogP) is 3.34. The van der Waals surface area contributed by atoms with Crippen LogP contribution in [-0.4, -0.2) is 46.6 Å². The van der Waals surface area contributed by atoms with E-state index in [0.29, 0.717) is 26.2 Å². The zero-order valence-electron chi connectivity index (χ0n) is 12.5. The van der Waals surface area contributed by atoms with E-state index in [2.05, 4.69) is 0 Å². The fourth-order valence-corrected chi connectivity index (χ4v) is 4.65. The van der Waals surface area contributed by atoms with E-state index >= 15 is 0 Å². The summed E-state index contributed by atoms with van der Waals surface area (Å²) in [6.45, 7) is 2.08. The Balaban J connectivity index is 1.85. The number of alkyl halides is 3. The van der Waals surface area contributed by atoms with Crippen LogP contribution < -0.4 is 0 Å². The number of nitrogens with zero attached hydrogens (tertiary/aromatic N) is 3. The van der Waals surface area contributed by atoms with Gasteiger partial charge < -0.3 is 0 Å². The predicted molar refractivity (Wildman–Crippen MR) is 78.3 cm³/mol. The van der Waals surface area contributed by atoms with Gasteiger partial charge in [0.05, 0.1) is 11.3 Å². The van der Waals surface area contributed by atoms with Crippen LogP contribution in [0.4, 0.5) is 18.9 Å². The summed E-state index contributed by atoms with van der Waals surface area (Å²) in [5.74, 6) is 0. The Morgan fingerprint density at radius 3 is 2.04 bits per heavy atom. The lowest BCUT2D eigenvalue weighted by molar-refractivity contribution is -0.384. The molecule has 2 aliphatic heterocycles. The van der Waals surface area contributed by atoms with E-state index in [-0.39, 0.29) is 11.3 Å². The first kappa shape index (κ1) is 17.3. The van der Waals surface area contributed by atoms with Gasteiger partial charge in [0.15, 0.2) is 0 Å². The normalized spacial score (nSPS) is 20.0. The fourth-order valence-electron chi connectivity index (χ4n) is 2.31.